The summed E-state index contributed by atoms with van der Waals surface area (Å²) in [5.41, 5.74) is 7.89. The summed E-state index contributed by atoms with van der Waals surface area (Å²) < 4.78 is 46.6. The van der Waals surface area contributed by atoms with E-state index in [1.807, 2.05) is 0 Å². The third-order valence-electron chi connectivity index (χ3n) is 3.23. The lowest BCUT2D eigenvalue weighted by Crippen LogP contribution is -2.18. The van der Waals surface area contributed by atoms with Crippen LogP contribution < -0.4 is 11.5 Å². The van der Waals surface area contributed by atoms with E-state index in [9.17, 15) is 18.0 Å². The second-order valence-corrected chi connectivity index (χ2v) is 4.58. The number of hydrogen-bond donors (Lipinski definition) is 3. The number of esters is 1. The molecule has 2 aromatic carbocycles. The Bertz CT molecular complexity index is 822. The first-order chi connectivity index (χ1) is 10.8. The fourth-order valence-corrected chi connectivity index (χ4v) is 2.03. The molecule has 0 aliphatic rings. The van der Waals surface area contributed by atoms with Crippen LogP contribution >= 0.6 is 0 Å². The van der Waals surface area contributed by atoms with Gasteiger partial charge in [-0.2, -0.15) is 0 Å². The van der Waals surface area contributed by atoms with Crippen LogP contribution in [0.1, 0.15) is 5.56 Å². The molecule has 0 atom stereocenters. The highest BCUT2D eigenvalue weighted by Crippen LogP contribution is 2.34. The summed E-state index contributed by atoms with van der Waals surface area (Å²) in [5.74, 6) is -4.34. The second-order valence-electron chi connectivity index (χ2n) is 4.58. The number of nitrogen functional groups attached to an aromatic ring is 2. The lowest BCUT2D eigenvalue weighted by molar-refractivity contribution is -0.132. The Kier molecular flexibility index (Phi) is 4.26. The van der Waals surface area contributed by atoms with Crippen LogP contribution in [0, 0.1) is 22.9 Å². The third-order valence-corrected chi connectivity index (χ3v) is 3.23. The van der Waals surface area contributed by atoms with Gasteiger partial charge < -0.3 is 16.2 Å². The maximum atomic E-state index is 14.4. The number of methoxy groups -OCH3 is 1. The molecule has 5 N–H and O–H groups in total. The highest BCUT2D eigenvalue weighted by molar-refractivity contribution is 6.43. The van der Waals surface area contributed by atoms with Crippen molar-refractivity contribution in [1.29, 1.82) is 5.41 Å². The Morgan fingerprint density at radius 2 is 1.74 bits per heavy atom. The fraction of sp³-hybridized carbons (Fsp3) is 0.0667. The zero-order chi connectivity index (χ0) is 17.3. The lowest BCUT2D eigenvalue weighted by Gasteiger charge is -2.12. The molecule has 0 aromatic heterocycles. The summed E-state index contributed by atoms with van der Waals surface area (Å²) >= 11 is 0. The first kappa shape index (κ1) is 16.3. The van der Waals surface area contributed by atoms with Crippen LogP contribution in [0.5, 0.6) is 0 Å². The number of hydrogen-bond acceptors (Lipinski definition) is 5. The number of carbonyl (C=O) groups is 1. The molecule has 2 rings (SSSR count). The van der Waals surface area contributed by atoms with E-state index in [1.165, 1.54) is 0 Å². The van der Waals surface area contributed by atoms with E-state index in [0.717, 1.165) is 31.4 Å². The van der Waals surface area contributed by atoms with E-state index < -0.39 is 45.9 Å². The summed E-state index contributed by atoms with van der Waals surface area (Å²) in [7, 11) is 1.05. The Morgan fingerprint density at radius 3 is 2.35 bits per heavy atom. The van der Waals surface area contributed by atoms with Gasteiger partial charge in [0.25, 0.3) is 0 Å². The number of carbonyl (C=O) groups excluding carboxylic acids is 1. The van der Waals surface area contributed by atoms with Crippen molar-refractivity contribution in [2.75, 3.05) is 18.6 Å². The first-order valence-electron chi connectivity index (χ1n) is 6.28. The molecule has 2 aromatic rings. The number of nitrogens with one attached hydrogen (secondary N) is 1. The van der Waals surface area contributed by atoms with Crippen LogP contribution in [0.4, 0.5) is 24.5 Å². The first-order valence-corrected chi connectivity index (χ1v) is 6.28. The number of halogens is 3. The molecule has 0 saturated carbocycles. The van der Waals surface area contributed by atoms with Crippen molar-refractivity contribution < 1.29 is 22.7 Å². The van der Waals surface area contributed by atoms with Gasteiger partial charge in [-0.05, 0) is 18.2 Å². The molecule has 23 heavy (non-hydrogen) atoms. The van der Waals surface area contributed by atoms with Crippen LogP contribution in [0.3, 0.4) is 0 Å². The van der Waals surface area contributed by atoms with Gasteiger partial charge in [0, 0.05) is 11.1 Å². The van der Waals surface area contributed by atoms with E-state index in [1.54, 1.807) is 0 Å². The number of nitrogens with two attached hydrogens (primary N) is 2. The monoisotopic (exact) mass is 323 g/mol. The molecule has 120 valence electrons. The Labute approximate surface area is 129 Å². The van der Waals surface area contributed by atoms with Crippen LogP contribution in [0.25, 0.3) is 11.1 Å². The van der Waals surface area contributed by atoms with Gasteiger partial charge in [0.1, 0.15) is 11.5 Å². The minimum Gasteiger partial charge on any atom is -0.464 e. The van der Waals surface area contributed by atoms with Crippen molar-refractivity contribution in [2.24, 2.45) is 0 Å². The van der Waals surface area contributed by atoms with Gasteiger partial charge in [-0.1, -0.05) is 6.07 Å². The average Bonchev–Trinajstić information content (AvgIpc) is 2.54. The van der Waals surface area contributed by atoms with Crippen molar-refractivity contribution >= 4 is 23.1 Å². The largest absolute Gasteiger partial charge is 0.464 e. The van der Waals surface area contributed by atoms with Crippen LogP contribution in [-0.4, -0.2) is 18.8 Å². The SMILES string of the molecule is COC(=O)C(=N)c1ccc(-c2c(F)ccc(N)c2F)c(F)c1N. The molecular weight excluding hydrogens is 311 g/mol. The van der Waals surface area contributed by atoms with Gasteiger partial charge in [-0.15, -0.1) is 0 Å². The standard InChI is InChI=1S/C15H12F3N3O2/c1-23-15(22)14(21)7-3-2-6(11(17)13(7)20)10-8(16)4-5-9(19)12(10)18/h2-5,21H,19-20H2,1H3. The highest BCUT2D eigenvalue weighted by atomic mass is 19.1. The average molecular weight is 323 g/mol. The number of rotatable bonds is 3. The van der Waals surface area contributed by atoms with E-state index in [2.05, 4.69) is 4.74 Å². The van der Waals surface area contributed by atoms with E-state index in [4.69, 9.17) is 16.9 Å². The minimum absolute atomic E-state index is 0.247. The molecule has 0 spiro atoms. The molecule has 0 unspecified atom stereocenters. The quantitative estimate of drug-likeness (QED) is 0.459. The Balaban J connectivity index is 2.66. The molecule has 0 radical (unpaired) electrons. The zero-order valence-corrected chi connectivity index (χ0v) is 11.9. The smallest absolute Gasteiger partial charge is 0.356 e. The van der Waals surface area contributed by atoms with Crippen LogP contribution in [0.2, 0.25) is 0 Å². The van der Waals surface area contributed by atoms with Crippen LogP contribution in [-0.2, 0) is 9.53 Å². The molecule has 0 saturated heterocycles. The summed E-state index contributed by atoms with van der Waals surface area (Å²) in [6.45, 7) is 0. The van der Waals surface area contributed by atoms with Gasteiger partial charge in [-0.25, -0.2) is 18.0 Å². The maximum Gasteiger partial charge on any atom is 0.356 e. The Morgan fingerprint density at radius 1 is 1.09 bits per heavy atom. The molecule has 0 aliphatic carbocycles. The number of ether oxygens (including phenoxy) is 1. The van der Waals surface area contributed by atoms with Gasteiger partial charge in [0.2, 0.25) is 0 Å². The number of benzene rings is 2. The molecule has 0 aliphatic heterocycles. The Hall–Kier alpha value is -3.03. The predicted molar refractivity (Wildman–Crippen MR) is 79.4 cm³/mol. The van der Waals surface area contributed by atoms with Crippen molar-refractivity contribution in [2.45, 2.75) is 0 Å². The lowest BCUT2D eigenvalue weighted by atomic mass is 9.98. The van der Waals surface area contributed by atoms with E-state index in [-0.39, 0.29) is 11.3 Å². The molecule has 5 nitrogen and oxygen atoms in total. The van der Waals surface area contributed by atoms with Gasteiger partial charge in [-0.3, -0.25) is 5.41 Å². The topological polar surface area (TPSA) is 102 Å². The van der Waals surface area contributed by atoms with Gasteiger partial charge in [0.15, 0.2) is 11.6 Å². The molecule has 0 heterocycles. The summed E-state index contributed by atoms with van der Waals surface area (Å²) in [4.78, 5) is 11.3. The highest BCUT2D eigenvalue weighted by Gasteiger charge is 2.23. The number of anilines is 2. The van der Waals surface area contributed by atoms with Crippen molar-refractivity contribution in [1.82, 2.24) is 0 Å². The van der Waals surface area contributed by atoms with Gasteiger partial charge in [0.05, 0.1) is 24.0 Å². The molecular formula is C15H12F3N3O2. The summed E-state index contributed by atoms with van der Waals surface area (Å²) in [5, 5.41) is 7.58. The second kappa shape index (κ2) is 5.99. The van der Waals surface area contributed by atoms with E-state index in [0.29, 0.717) is 0 Å². The minimum atomic E-state index is -1.17. The molecule has 0 amide bonds. The molecule has 0 bridgehead atoms. The zero-order valence-electron chi connectivity index (χ0n) is 11.9. The van der Waals surface area contributed by atoms with Gasteiger partial charge >= 0.3 is 5.97 Å². The van der Waals surface area contributed by atoms with Crippen molar-refractivity contribution in [3.8, 4) is 11.1 Å². The summed E-state index contributed by atoms with van der Waals surface area (Å²) in [6, 6.07) is 4.03. The normalized spacial score (nSPS) is 10.4. The molecule has 8 heteroatoms. The third kappa shape index (κ3) is 2.70. The van der Waals surface area contributed by atoms with Crippen molar-refractivity contribution in [3.63, 3.8) is 0 Å². The maximum absolute atomic E-state index is 14.4. The predicted octanol–water partition coefficient (Wildman–Crippen LogP) is 2.48. The molecule has 0 fully saturated rings. The van der Waals surface area contributed by atoms with E-state index >= 15 is 0 Å². The van der Waals surface area contributed by atoms with Crippen LogP contribution in [0.15, 0.2) is 24.3 Å². The van der Waals surface area contributed by atoms with Crippen molar-refractivity contribution in [3.05, 3.63) is 47.3 Å². The fourth-order valence-electron chi connectivity index (χ4n) is 2.03. The summed E-state index contributed by atoms with van der Waals surface area (Å²) in [6.07, 6.45) is 0.